The number of aryl methyl sites for hydroxylation is 2. The van der Waals surface area contributed by atoms with E-state index in [9.17, 15) is 10.2 Å². The summed E-state index contributed by atoms with van der Waals surface area (Å²) in [7, 11) is 0. The molecule has 2 N–H and O–H groups in total. The molecule has 0 radical (unpaired) electrons. The Morgan fingerprint density at radius 1 is 0.821 bits per heavy atom. The van der Waals surface area contributed by atoms with E-state index in [1.54, 1.807) is 18.5 Å². The summed E-state index contributed by atoms with van der Waals surface area (Å²) < 4.78 is 0. The molecule has 2 heterocycles. The van der Waals surface area contributed by atoms with E-state index in [1.807, 2.05) is 62.4 Å². The Bertz CT molecular complexity index is 1150. The molecule has 2 aromatic heterocycles. The van der Waals surface area contributed by atoms with Crippen LogP contribution in [0.5, 0.6) is 11.5 Å². The molecule has 2 aromatic carbocycles. The van der Waals surface area contributed by atoms with E-state index >= 15 is 0 Å². The number of pyridine rings is 2. The summed E-state index contributed by atoms with van der Waals surface area (Å²) >= 11 is 0. The Hall–Kier alpha value is -3.40. The molecule has 140 valence electrons. The first-order valence-corrected chi connectivity index (χ1v) is 9.30. The van der Waals surface area contributed by atoms with Gasteiger partial charge in [0.1, 0.15) is 17.0 Å². The van der Waals surface area contributed by atoms with Gasteiger partial charge in [0.15, 0.2) is 0 Å². The second-order valence-electron chi connectivity index (χ2n) is 7.22. The molecule has 0 aliphatic carbocycles. The molecule has 0 aliphatic rings. The molecular weight excluding hydrogens is 348 g/mol. The fourth-order valence-corrected chi connectivity index (χ4v) is 3.69. The third kappa shape index (κ3) is 3.41. The Morgan fingerprint density at radius 3 is 2.46 bits per heavy atom. The molecule has 4 nitrogen and oxygen atoms in total. The predicted molar refractivity (Wildman–Crippen MR) is 111 cm³/mol. The average molecular weight is 370 g/mol. The first-order chi connectivity index (χ1) is 13.5. The molecule has 0 fully saturated rings. The molecular formula is C24H22N2O2. The highest BCUT2D eigenvalue weighted by Crippen LogP contribution is 2.40. The molecule has 0 bridgehead atoms. The quantitative estimate of drug-likeness (QED) is 0.529. The Balaban J connectivity index is 1.90. The van der Waals surface area contributed by atoms with Crippen LogP contribution < -0.4 is 0 Å². The number of phenolic OH excluding ortho intramolecular Hbond substituents is 2. The third-order valence-corrected chi connectivity index (χ3v) is 5.10. The lowest BCUT2D eigenvalue weighted by Crippen LogP contribution is -2.08. The van der Waals surface area contributed by atoms with Gasteiger partial charge in [0.05, 0.1) is 0 Å². The van der Waals surface area contributed by atoms with Crippen LogP contribution >= 0.6 is 0 Å². The zero-order chi connectivity index (χ0) is 19.7. The standard InChI is InChI=1S/C24H22N2O2/c1-15-5-8-22(27)21(13-15)20(14-18-12-16(2)9-11-25-18)19-7-6-17-4-3-10-26-23(17)24(19)28/h3-13,20,27-28H,14H2,1-2H3. The number of rotatable bonds is 4. The van der Waals surface area contributed by atoms with E-state index in [0.29, 0.717) is 11.9 Å². The molecule has 28 heavy (non-hydrogen) atoms. The number of nitrogens with zero attached hydrogens (tertiary/aromatic N) is 2. The number of aromatic hydroxyl groups is 2. The molecule has 0 spiro atoms. The van der Waals surface area contributed by atoms with Crippen molar-refractivity contribution in [1.29, 1.82) is 0 Å². The third-order valence-electron chi connectivity index (χ3n) is 5.10. The van der Waals surface area contributed by atoms with Crippen LogP contribution in [0.2, 0.25) is 0 Å². The molecule has 4 rings (SSSR count). The van der Waals surface area contributed by atoms with Gasteiger partial charge in [-0.3, -0.25) is 9.97 Å². The van der Waals surface area contributed by atoms with Gasteiger partial charge in [-0.15, -0.1) is 0 Å². The van der Waals surface area contributed by atoms with Crippen molar-refractivity contribution in [2.75, 3.05) is 0 Å². The van der Waals surface area contributed by atoms with Gasteiger partial charge < -0.3 is 10.2 Å². The van der Waals surface area contributed by atoms with Crippen LogP contribution in [0.1, 0.15) is 33.9 Å². The topological polar surface area (TPSA) is 66.2 Å². The van der Waals surface area contributed by atoms with Crippen LogP contribution in [0.4, 0.5) is 0 Å². The van der Waals surface area contributed by atoms with E-state index < -0.39 is 0 Å². The molecule has 1 atom stereocenters. The van der Waals surface area contributed by atoms with Gasteiger partial charge in [0.2, 0.25) is 0 Å². The molecule has 0 amide bonds. The summed E-state index contributed by atoms with van der Waals surface area (Å²) in [6.07, 6.45) is 4.03. The summed E-state index contributed by atoms with van der Waals surface area (Å²) in [6, 6.07) is 17.2. The Kier molecular flexibility index (Phi) is 4.70. The highest BCUT2D eigenvalue weighted by molar-refractivity contribution is 5.85. The van der Waals surface area contributed by atoms with Crippen molar-refractivity contribution in [3.05, 3.63) is 94.9 Å². The van der Waals surface area contributed by atoms with Gasteiger partial charge in [0, 0.05) is 46.9 Å². The number of fused-ring (bicyclic) bond motifs is 1. The van der Waals surface area contributed by atoms with Crippen molar-refractivity contribution in [2.45, 2.75) is 26.2 Å². The van der Waals surface area contributed by atoms with Crippen molar-refractivity contribution in [3.8, 4) is 11.5 Å². The minimum Gasteiger partial charge on any atom is -0.508 e. The number of aromatic nitrogens is 2. The van der Waals surface area contributed by atoms with Gasteiger partial charge >= 0.3 is 0 Å². The fraction of sp³-hybridized carbons (Fsp3) is 0.167. The SMILES string of the molecule is Cc1ccnc(CC(c2cc(C)ccc2O)c2ccc3cccnc3c2O)c1. The molecule has 4 heteroatoms. The second-order valence-corrected chi connectivity index (χ2v) is 7.22. The van der Waals surface area contributed by atoms with Gasteiger partial charge in [-0.1, -0.05) is 35.9 Å². The first-order valence-electron chi connectivity index (χ1n) is 9.30. The van der Waals surface area contributed by atoms with Crippen molar-refractivity contribution < 1.29 is 10.2 Å². The molecule has 4 aromatic rings. The lowest BCUT2D eigenvalue weighted by Gasteiger charge is -2.21. The highest BCUT2D eigenvalue weighted by atomic mass is 16.3. The van der Waals surface area contributed by atoms with Crippen LogP contribution in [0.25, 0.3) is 10.9 Å². The lowest BCUT2D eigenvalue weighted by atomic mass is 9.84. The Morgan fingerprint density at radius 2 is 1.64 bits per heavy atom. The van der Waals surface area contributed by atoms with Crippen molar-refractivity contribution >= 4 is 10.9 Å². The van der Waals surface area contributed by atoms with Crippen molar-refractivity contribution in [1.82, 2.24) is 9.97 Å². The maximum atomic E-state index is 11.0. The number of hydrogen-bond acceptors (Lipinski definition) is 4. The van der Waals surface area contributed by atoms with E-state index in [0.717, 1.165) is 33.3 Å². The lowest BCUT2D eigenvalue weighted by molar-refractivity contribution is 0.455. The zero-order valence-electron chi connectivity index (χ0n) is 15.9. The van der Waals surface area contributed by atoms with E-state index in [1.165, 1.54) is 0 Å². The summed E-state index contributed by atoms with van der Waals surface area (Å²) in [5, 5.41) is 22.5. The normalized spacial score (nSPS) is 12.2. The van der Waals surface area contributed by atoms with Crippen LogP contribution in [0.3, 0.4) is 0 Å². The second kappa shape index (κ2) is 7.31. The van der Waals surface area contributed by atoms with Gasteiger partial charge in [0.25, 0.3) is 0 Å². The van der Waals surface area contributed by atoms with Crippen LogP contribution in [0.15, 0.2) is 67.0 Å². The first kappa shape index (κ1) is 18.0. The van der Waals surface area contributed by atoms with Crippen LogP contribution in [0, 0.1) is 13.8 Å². The van der Waals surface area contributed by atoms with Crippen LogP contribution in [-0.2, 0) is 6.42 Å². The maximum Gasteiger partial charge on any atom is 0.145 e. The summed E-state index contributed by atoms with van der Waals surface area (Å²) in [4.78, 5) is 8.85. The average Bonchev–Trinajstić information content (AvgIpc) is 2.69. The van der Waals surface area contributed by atoms with E-state index in [2.05, 4.69) is 9.97 Å². The smallest absolute Gasteiger partial charge is 0.145 e. The minimum atomic E-state index is -0.249. The van der Waals surface area contributed by atoms with Gasteiger partial charge in [-0.05, 0) is 43.7 Å². The monoisotopic (exact) mass is 370 g/mol. The number of hydrogen-bond donors (Lipinski definition) is 2. The summed E-state index contributed by atoms with van der Waals surface area (Å²) in [6.45, 7) is 4.02. The van der Waals surface area contributed by atoms with Crippen LogP contribution in [-0.4, -0.2) is 20.2 Å². The highest BCUT2D eigenvalue weighted by Gasteiger charge is 2.23. The molecule has 0 saturated heterocycles. The van der Waals surface area contributed by atoms with Crippen molar-refractivity contribution in [2.24, 2.45) is 0 Å². The van der Waals surface area contributed by atoms with Gasteiger partial charge in [-0.2, -0.15) is 0 Å². The van der Waals surface area contributed by atoms with Crippen molar-refractivity contribution in [3.63, 3.8) is 0 Å². The maximum absolute atomic E-state index is 11.0. The zero-order valence-corrected chi connectivity index (χ0v) is 15.9. The molecule has 0 saturated carbocycles. The Labute approximate surface area is 164 Å². The predicted octanol–water partition coefficient (Wildman–Crippen LogP) is 5.03. The molecule has 0 aliphatic heterocycles. The van der Waals surface area contributed by atoms with E-state index in [-0.39, 0.29) is 17.4 Å². The summed E-state index contributed by atoms with van der Waals surface area (Å²) in [5.41, 5.74) is 5.15. The summed E-state index contributed by atoms with van der Waals surface area (Å²) in [5.74, 6) is 0.112. The number of phenols is 2. The molecule has 1 unspecified atom stereocenters. The van der Waals surface area contributed by atoms with Gasteiger partial charge in [-0.25, -0.2) is 0 Å². The largest absolute Gasteiger partial charge is 0.508 e. The fourth-order valence-electron chi connectivity index (χ4n) is 3.69. The van der Waals surface area contributed by atoms with E-state index in [4.69, 9.17) is 0 Å². The number of benzene rings is 2. The minimum absolute atomic E-state index is 0.150.